The zero-order chi connectivity index (χ0) is 23.3. The highest BCUT2D eigenvalue weighted by atomic mass is 35.5. The van der Waals surface area contributed by atoms with Gasteiger partial charge in [-0.2, -0.15) is 5.26 Å². The Hall–Kier alpha value is -3.68. The number of carbonyl (C=O) groups excluding carboxylic acids is 1. The SMILES string of the molecule is Cl.N#CC1(c2ccc(-c3ccc(N4C[C@@H](CNc5ccon5)OC4=O)cc3F)cn2)C2CNCC21. The van der Waals surface area contributed by atoms with Gasteiger partial charge in [0.2, 0.25) is 0 Å². The van der Waals surface area contributed by atoms with Crippen LogP contribution in [0.3, 0.4) is 0 Å². The average molecular weight is 497 g/mol. The Kier molecular flexibility index (Phi) is 5.83. The van der Waals surface area contributed by atoms with Gasteiger partial charge in [0, 0.05) is 48.3 Å². The number of carbonyl (C=O) groups is 1. The summed E-state index contributed by atoms with van der Waals surface area (Å²) in [6.45, 7) is 2.29. The first-order valence-corrected chi connectivity index (χ1v) is 11.1. The number of hydrogen-bond acceptors (Lipinski definition) is 8. The Morgan fingerprint density at radius 1 is 1.26 bits per heavy atom. The van der Waals surface area contributed by atoms with Crippen LogP contribution in [0, 0.1) is 29.0 Å². The van der Waals surface area contributed by atoms with Crippen molar-refractivity contribution in [1.82, 2.24) is 15.5 Å². The van der Waals surface area contributed by atoms with Crippen molar-refractivity contribution in [2.45, 2.75) is 11.5 Å². The van der Waals surface area contributed by atoms with Gasteiger partial charge in [-0.1, -0.05) is 11.2 Å². The number of halogens is 2. The van der Waals surface area contributed by atoms with E-state index in [4.69, 9.17) is 9.26 Å². The minimum atomic E-state index is -0.531. The summed E-state index contributed by atoms with van der Waals surface area (Å²) in [5.41, 5.74) is 1.63. The number of rotatable bonds is 6. The Balaban J connectivity index is 0.00000253. The van der Waals surface area contributed by atoms with E-state index in [1.165, 1.54) is 17.2 Å². The summed E-state index contributed by atoms with van der Waals surface area (Å²) in [4.78, 5) is 18.3. The number of aromatic nitrogens is 2. The fraction of sp³-hybridized carbons (Fsp3) is 0.333. The molecule has 2 unspecified atom stereocenters. The largest absolute Gasteiger partial charge is 0.442 e. The average Bonchev–Trinajstić information content (AvgIpc) is 3.38. The maximum absolute atomic E-state index is 15.1. The highest BCUT2D eigenvalue weighted by Crippen LogP contribution is 2.60. The van der Waals surface area contributed by atoms with Crippen molar-refractivity contribution < 1.29 is 18.4 Å². The van der Waals surface area contributed by atoms with E-state index in [-0.39, 0.29) is 19.0 Å². The lowest BCUT2D eigenvalue weighted by atomic mass is 9.96. The van der Waals surface area contributed by atoms with Crippen molar-refractivity contribution in [3.63, 3.8) is 0 Å². The van der Waals surface area contributed by atoms with Crippen LogP contribution in [-0.2, 0) is 10.2 Å². The van der Waals surface area contributed by atoms with E-state index >= 15 is 4.39 Å². The molecule has 3 fully saturated rings. The molecular weight excluding hydrogens is 475 g/mol. The minimum Gasteiger partial charge on any atom is -0.442 e. The van der Waals surface area contributed by atoms with Gasteiger partial charge in [-0.25, -0.2) is 9.18 Å². The summed E-state index contributed by atoms with van der Waals surface area (Å²) in [6, 6.07) is 12.4. The zero-order valence-corrected chi connectivity index (χ0v) is 19.3. The Morgan fingerprint density at radius 2 is 2.09 bits per heavy atom. The lowest BCUT2D eigenvalue weighted by Crippen LogP contribution is -2.27. The third-order valence-corrected chi connectivity index (χ3v) is 7.05. The molecule has 35 heavy (non-hydrogen) atoms. The van der Waals surface area contributed by atoms with E-state index in [0.29, 0.717) is 41.0 Å². The molecule has 0 bridgehead atoms. The number of nitrogens with one attached hydrogen (secondary N) is 2. The third-order valence-electron chi connectivity index (χ3n) is 7.05. The number of anilines is 2. The van der Waals surface area contributed by atoms with Crippen LogP contribution in [-0.4, -0.2) is 48.5 Å². The number of piperidine rings is 1. The Morgan fingerprint density at radius 3 is 2.74 bits per heavy atom. The molecule has 11 heteroatoms. The van der Waals surface area contributed by atoms with Crippen LogP contribution in [0.2, 0.25) is 0 Å². The number of nitrogens with zero attached hydrogens (tertiary/aromatic N) is 4. The topological polar surface area (TPSA) is 116 Å². The molecule has 4 heterocycles. The van der Waals surface area contributed by atoms with E-state index in [0.717, 1.165) is 18.8 Å². The van der Waals surface area contributed by atoms with Gasteiger partial charge in [0.05, 0.1) is 30.5 Å². The lowest BCUT2D eigenvalue weighted by molar-refractivity contribution is 0.147. The van der Waals surface area contributed by atoms with Crippen molar-refractivity contribution in [3.8, 4) is 17.2 Å². The van der Waals surface area contributed by atoms with Crippen molar-refractivity contribution in [3.05, 3.63) is 60.4 Å². The number of ether oxygens (including phenoxy) is 1. The van der Waals surface area contributed by atoms with Crippen LogP contribution in [0.15, 0.2) is 53.4 Å². The number of amides is 1. The molecule has 3 aliphatic rings. The lowest BCUT2D eigenvalue weighted by Gasteiger charge is -2.15. The number of pyridine rings is 1. The molecule has 2 N–H and O–H groups in total. The molecule has 1 aromatic carbocycles. The second-order valence-electron chi connectivity index (χ2n) is 8.83. The summed E-state index contributed by atoms with van der Waals surface area (Å²) in [6.07, 6.45) is 2.12. The molecule has 2 saturated heterocycles. The molecule has 3 atom stereocenters. The second kappa shape index (κ2) is 8.83. The summed E-state index contributed by atoms with van der Waals surface area (Å²) >= 11 is 0. The number of cyclic esters (lactones) is 1. The fourth-order valence-electron chi connectivity index (χ4n) is 5.21. The van der Waals surface area contributed by atoms with E-state index in [9.17, 15) is 10.1 Å². The number of fused-ring (bicyclic) bond motifs is 1. The molecule has 2 aromatic heterocycles. The summed E-state index contributed by atoms with van der Waals surface area (Å²) in [5, 5.41) is 19.8. The van der Waals surface area contributed by atoms with Gasteiger partial charge >= 0.3 is 6.09 Å². The molecule has 180 valence electrons. The van der Waals surface area contributed by atoms with Crippen LogP contribution >= 0.6 is 12.4 Å². The predicted molar refractivity (Wildman–Crippen MR) is 127 cm³/mol. The van der Waals surface area contributed by atoms with Gasteiger partial charge < -0.3 is 19.9 Å². The molecule has 0 radical (unpaired) electrons. The van der Waals surface area contributed by atoms with Gasteiger partial charge in [0.15, 0.2) is 5.82 Å². The number of hydrogen-bond donors (Lipinski definition) is 2. The van der Waals surface area contributed by atoms with Crippen molar-refractivity contribution in [2.24, 2.45) is 11.8 Å². The molecule has 0 spiro atoms. The molecule has 9 nitrogen and oxygen atoms in total. The minimum absolute atomic E-state index is 0. The fourth-order valence-corrected chi connectivity index (χ4v) is 5.21. The van der Waals surface area contributed by atoms with E-state index < -0.39 is 23.4 Å². The number of benzene rings is 1. The molecule has 6 rings (SSSR count). The zero-order valence-electron chi connectivity index (χ0n) is 18.5. The normalized spacial score (nSPS) is 26.5. The van der Waals surface area contributed by atoms with E-state index in [2.05, 4.69) is 26.8 Å². The van der Waals surface area contributed by atoms with E-state index in [1.54, 1.807) is 30.5 Å². The highest BCUT2D eigenvalue weighted by molar-refractivity contribution is 5.90. The molecule has 2 aliphatic heterocycles. The first kappa shape index (κ1) is 23.1. The summed E-state index contributed by atoms with van der Waals surface area (Å²) in [7, 11) is 0. The second-order valence-corrected chi connectivity index (χ2v) is 8.83. The molecule has 3 aromatic rings. The van der Waals surface area contributed by atoms with Crippen LogP contribution in [0.25, 0.3) is 11.1 Å². The standard InChI is InChI=1S/C24H21FN6O3.ClH/c25-20-7-15(31-12-16(34-23(31)32)9-29-22-5-6-33-30-22)2-3-17(20)14-1-4-21(28-8-14)24(13-26)18-10-27-11-19(18)24;/h1-8,16,18-19,27H,9-12H2,(H,29,30);1H/t16-,18?,19?,24?;/m1./s1. The Labute approximate surface area is 206 Å². The molecular formula is C24H22ClFN6O3. The highest BCUT2D eigenvalue weighted by Gasteiger charge is 2.69. The van der Waals surface area contributed by atoms with Gasteiger partial charge in [0.1, 0.15) is 23.6 Å². The maximum Gasteiger partial charge on any atom is 0.414 e. The first-order valence-electron chi connectivity index (χ1n) is 11.1. The maximum atomic E-state index is 15.1. The monoisotopic (exact) mass is 496 g/mol. The van der Waals surface area contributed by atoms with Crippen LogP contribution in [0.5, 0.6) is 0 Å². The van der Waals surface area contributed by atoms with Gasteiger partial charge in [-0.05, 0) is 24.3 Å². The van der Waals surface area contributed by atoms with Crippen molar-refractivity contribution in [1.29, 1.82) is 5.26 Å². The number of nitriles is 1. The quantitative estimate of drug-likeness (QED) is 0.533. The van der Waals surface area contributed by atoms with Crippen LogP contribution < -0.4 is 15.5 Å². The van der Waals surface area contributed by atoms with E-state index in [1.807, 2.05) is 6.07 Å². The van der Waals surface area contributed by atoms with Crippen molar-refractivity contribution in [2.75, 3.05) is 36.4 Å². The smallest absolute Gasteiger partial charge is 0.414 e. The van der Waals surface area contributed by atoms with Crippen molar-refractivity contribution >= 4 is 30.0 Å². The Bertz CT molecular complexity index is 1270. The summed E-state index contributed by atoms with van der Waals surface area (Å²) in [5.74, 6) is 0.669. The summed E-state index contributed by atoms with van der Waals surface area (Å²) < 4.78 is 25.2. The first-order chi connectivity index (χ1) is 16.6. The van der Waals surface area contributed by atoms with Crippen LogP contribution in [0.4, 0.5) is 20.7 Å². The van der Waals surface area contributed by atoms with Gasteiger partial charge in [-0.3, -0.25) is 9.88 Å². The molecule has 1 aliphatic carbocycles. The van der Waals surface area contributed by atoms with Crippen LogP contribution in [0.1, 0.15) is 5.69 Å². The molecule has 1 saturated carbocycles. The molecule has 1 amide bonds. The van der Waals surface area contributed by atoms with Gasteiger partial charge in [-0.15, -0.1) is 12.4 Å². The third kappa shape index (κ3) is 3.77. The predicted octanol–water partition coefficient (Wildman–Crippen LogP) is 3.35. The van der Waals surface area contributed by atoms with Gasteiger partial charge in [0.25, 0.3) is 0 Å².